The first-order valence-electron chi connectivity index (χ1n) is 7.27. The normalized spacial score (nSPS) is 11.8. The lowest BCUT2D eigenvalue weighted by atomic mass is 10.3. The van der Waals surface area contributed by atoms with Gasteiger partial charge in [-0.05, 0) is 32.9 Å². The van der Waals surface area contributed by atoms with Crippen LogP contribution in [0.15, 0.2) is 40.3 Å². The maximum absolute atomic E-state index is 12.3. The maximum atomic E-state index is 12.3. The van der Waals surface area contributed by atoms with E-state index in [0.717, 1.165) is 0 Å². The van der Waals surface area contributed by atoms with E-state index in [1.807, 2.05) is 19.1 Å². The number of hydrogen-bond acceptors (Lipinski definition) is 5. The largest absolute Gasteiger partial charge is 0.492 e. The van der Waals surface area contributed by atoms with Crippen LogP contribution in [0.1, 0.15) is 19.5 Å². The molecule has 6 nitrogen and oxygen atoms in total. The zero-order chi connectivity index (χ0) is 16.8. The molecule has 0 aliphatic heterocycles. The van der Waals surface area contributed by atoms with E-state index in [4.69, 9.17) is 4.74 Å². The van der Waals surface area contributed by atoms with Crippen molar-refractivity contribution in [1.82, 2.24) is 9.97 Å². The van der Waals surface area contributed by atoms with Gasteiger partial charge in [0.05, 0.1) is 17.5 Å². The molecule has 1 atom stereocenters. The molecule has 1 aromatic carbocycles. The number of carbonyl (C=O) groups excluding carboxylic acids is 1. The van der Waals surface area contributed by atoms with E-state index in [2.05, 4.69) is 15.3 Å². The Labute approximate surface area is 138 Å². The molecule has 2 aromatic rings. The molecular weight excluding hydrogens is 314 g/mol. The molecule has 0 aliphatic rings. The van der Waals surface area contributed by atoms with Gasteiger partial charge in [-0.25, -0.2) is 4.98 Å². The highest BCUT2D eigenvalue weighted by Gasteiger charge is 2.17. The molecule has 2 N–H and O–H groups in total. The summed E-state index contributed by atoms with van der Waals surface area (Å²) in [6.07, 6.45) is 0. The minimum absolute atomic E-state index is 0.189. The second-order valence-corrected chi connectivity index (χ2v) is 6.20. The lowest BCUT2D eigenvalue weighted by molar-refractivity contribution is -0.115. The number of carbonyl (C=O) groups is 1. The van der Waals surface area contributed by atoms with Crippen molar-refractivity contribution < 1.29 is 9.53 Å². The zero-order valence-electron chi connectivity index (χ0n) is 13.3. The molecule has 7 heteroatoms. The minimum Gasteiger partial charge on any atom is -0.492 e. The Bertz CT molecular complexity index is 745. The van der Waals surface area contributed by atoms with Gasteiger partial charge in [-0.3, -0.25) is 9.59 Å². The van der Waals surface area contributed by atoms with Gasteiger partial charge < -0.3 is 15.0 Å². The fraction of sp³-hybridized carbons (Fsp3) is 0.312. The minimum atomic E-state index is -0.422. The van der Waals surface area contributed by atoms with E-state index >= 15 is 0 Å². The third kappa shape index (κ3) is 4.85. The van der Waals surface area contributed by atoms with Gasteiger partial charge in [-0.2, -0.15) is 0 Å². The summed E-state index contributed by atoms with van der Waals surface area (Å²) in [6, 6.07) is 8.67. The van der Waals surface area contributed by atoms with Crippen molar-refractivity contribution in [2.24, 2.45) is 0 Å². The van der Waals surface area contributed by atoms with Crippen molar-refractivity contribution >= 4 is 23.4 Å². The molecule has 1 amide bonds. The molecule has 0 unspecified atom stereocenters. The quantitative estimate of drug-likeness (QED) is 0.627. The summed E-state index contributed by atoms with van der Waals surface area (Å²) < 4.78 is 5.49. The molecule has 0 fully saturated rings. The van der Waals surface area contributed by atoms with E-state index in [1.54, 1.807) is 26.0 Å². The summed E-state index contributed by atoms with van der Waals surface area (Å²) in [5, 5.41) is 2.84. The molecule has 0 bridgehead atoms. The molecule has 23 heavy (non-hydrogen) atoms. The number of aromatic amines is 1. The number of amides is 1. The van der Waals surface area contributed by atoms with Crippen molar-refractivity contribution in [3.05, 3.63) is 46.4 Å². The van der Waals surface area contributed by atoms with Gasteiger partial charge in [0.2, 0.25) is 5.91 Å². The second kappa shape index (κ2) is 7.82. The first-order valence-corrected chi connectivity index (χ1v) is 8.15. The second-order valence-electron chi connectivity index (χ2n) is 4.87. The summed E-state index contributed by atoms with van der Waals surface area (Å²) in [7, 11) is 0. The summed E-state index contributed by atoms with van der Waals surface area (Å²) >= 11 is 1.20. The summed E-state index contributed by atoms with van der Waals surface area (Å²) in [4.78, 5) is 30.6. The van der Waals surface area contributed by atoms with Crippen LogP contribution in [0.4, 0.5) is 5.69 Å². The predicted molar refractivity (Wildman–Crippen MR) is 91.2 cm³/mol. The molecule has 0 saturated carbocycles. The van der Waals surface area contributed by atoms with Crippen LogP contribution < -0.4 is 15.6 Å². The Kier molecular flexibility index (Phi) is 5.81. The fourth-order valence-electron chi connectivity index (χ4n) is 1.91. The molecule has 2 rings (SSSR count). The number of benzene rings is 1. The molecule has 1 heterocycles. The number of aromatic nitrogens is 2. The molecule has 1 aromatic heterocycles. The van der Waals surface area contributed by atoms with E-state index in [1.165, 1.54) is 17.8 Å². The van der Waals surface area contributed by atoms with Crippen LogP contribution in [-0.2, 0) is 4.79 Å². The van der Waals surface area contributed by atoms with Crippen LogP contribution in [0.3, 0.4) is 0 Å². The monoisotopic (exact) mass is 333 g/mol. The van der Waals surface area contributed by atoms with Crippen molar-refractivity contribution in [2.45, 2.75) is 31.2 Å². The van der Waals surface area contributed by atoms with Crippen LogP contribution >= 0.6 is 11.8 Å². The van der Waals surface area contributed by atoms with Gasteiger partial charge in [0.15, 0.2) is 5.16 Å². The van der Waals surface area contributed by atoms with Crippen molar-refractivity contribution in [1.29, 1.82) is 0 Å². The highest BCUT2D eigenvalue weighted by molar-refractivity contribution is 8.00. The molecule has 0 radical (unpaired) electrons. The Hall–Kier alpha value is -2.28. The fourth-order valence-corrected chi connectivity index (χ4v) is 2.77. The molecule has 0 aliphatic carbocycles. The Morgan fingerprint density at radius 3 is 2.87 bits per heavy atom. The Balaban J connectivity index is 2.07. The van der Waals surface area contributed by atoms with Crippen LogP contribution in [0.5, 0.6) is 5.75 Å². The van der Waals surface area contributed by atoms with Crippen molar-refractivity contribution in [3.63, 3.8) is 0 Å². The van der Waals surface area contributed by atoms with Crippen LogP contribution in [0.2, 0.25) is 0 Å². The number of hydrogen-bond donors (Lipinski definition) is 2. The molecule has 0 saturated heterocycles. The molecule has 122 valence electrons. The summed E-state index contributed by atoms with van der Waals surface area (Å²) in [6.45, 7) is 5.90. The van der Waals surface area contributed by atoms with Crippen LogP contribution in [-0.4, -0.2) is 27.7 Å². The first-order chi connectivity index (χ1) is 11.0. The average Bonchev–Trinajstić information content (AvgIpc) is 2.48. The number of anilines is 1. The van der Waals surface area contributed by atoms with E-state index in [-0.39, 0.29) is 11.5 Å². The number of nitrogens with one attached hydrogen (secondary N) is 2. The molecular formula is C16H19N3O3S. The lowest BCUT2D eigenvalue weighted by Gasteiger charge is -2.14. The van der Waals surface area contributed by atoms with E-state index in [0.29, 0.717) is 28.9 Å². The number of ether oxygens (including phenoxy) is 1. The SMILES string of the molecule is CCOc1ccccc1NC(=O)[C@H](C)Sc1nc(C)cc(=O)[nH]1. The number of para-hydroxylation sites is 2. The topological polar surface area (TPSA) is 84.1 Å². The van der Waals surface area contributed by atoms with Crippen LogP contribution in [0, 0.1) is 6.92 Å². The van der Waals surface area contributed by atoms with Gasteiger partial charge in [0.25, 0.3) is 5.56 Å². The van der Waals surface area contributed by atoms with Gasteiger partial charge >= 0.3 is 0 Å². The van der Waals surface area contributed by atoms with E-state index < -0.39 is 5.25 Å². The Morgan fingerprint density at radius 1 is 1.43 bits per heavy atom. The number of H-pyrrole nitrogens is 1. The van der Waals surface area contributed by atoms with Crippen molar-refractivity contribution in [2.75, 3.05) is 11.9 Å². The van der Waals surface area contributed by atoms with Gasteiger partial charge in [0.1, 0.15) is 5.75 Å². The number of nitrogens with zero attached hydrogens (tertiary/aromatic N) is 1. The summed E-state index contributed by atoms with van der Waals surface area (Å²) in [5.41, 5.74) is 1.01. The van der Waals surface area contributed by atoms with Crippen LogP contribution in [0.25, 0.3) is 0 Å². The lowest BCUT2D eigenvalue weighted by Crippen LogP contribution is -2.23. The first kappa shape index (κ1) is 17.1. The highest BCUT2D eigenvalue weighted by Crippen LogP contribution is 2.26. The molecule has 0 spiro atoms. The zero-order valence-corrected chi connectivity index (χ0v) is 14.1. The van der Waals surface area contributed by atoms with Gasteiger partial charge in [-0.15, -0.1) is 0 Å². The average molecular weight is 333 g/mol. The standard InChI is InChI=1S/C16H19N3O3S/c1-4-22-13-8-6-5-7-12(13)18-15(21)11(3)23-16-17-10(2)9-14(20)19-16/h5-9,11H,4H2,1-3H3,(H,18,21)(H,17,19,20)/t11-/m0/s1. The third-order valence-corrected chi connectivity index (χ3v) is 3.93. The maximum Gasteiger partial charge on any atom is 0.251 e. The van der Waals surface area contributed by atoms with Crippen molar-refractivity contribution in [3.8, 4) is 5.75 Å². The third-order valence-electron chi connectivity index (χ3n) is 2.95. The number of thioether (sulfide) groups is 1. The summed E-state index contributed by atoms with van der Waals surface area (Å²) in [5.74, 6) is 0.439. The predicted octanol–water partition coefficient (Wildman–Crippen LogP) is 2.60. The number of aryl methyl sites for hydroxylation is 1. The van der Waals surface area contributed by atoms with Gasteiger partial charge in [-0.1, -0.05) is 23.9 Å². The van der Waals surface area contributed by atoms with E-state index in [9.17, 15) is 9.59 Å². The van der Waals surface area contributed by atoms with Gasteiger partial charge in [0, 0.05) is 11.8 Å². The highest BCUT2D eigenvalue weighted by atomic mass is 32.2. The Morgan fingerprint density at radius 2 is 2.17 bits per heavy atom. The number of rotatable bonds is 6. The smallest absolute Gasteiger partial charge is 0.251 e.